The van der Waals surface area contributed by atoms with E-state index in [9.17, 15) is 0 Å². The Balaban J connectivity index is 2.39. The first kappa shape index (κ1) is 11.7. The molecular weight excluding hydrogens is 232 g/mol. The van der Waals surface area contributed by atoms with E-state index in [0.717, 1.165) is 21.3 Å². The van der Waals surface area contributed by atoms with Gasteiger partial charge in [0.15, 0.2) is 0 Å². The maximum Gasteiger partial charge on any atom is 0.133 e. The molecule has 1 aliphatic heterocycles. The Morgan fingerprint density at radius 2 is 2.18 bits per heavy atom. The Kier molecular flexibility index (Phi) is 3.19. The Labute approximate surface area is 105 Å². The zero-order valence-corrected chi connectivity index (χ0v) is 10.6. The van der Waals surface area contributed by atoms with E-state index in [2.05, 4.69) is 17.0 Å². The van der Waals surface area contributed by atoms with Gasteiger partial charge in [-0.2, -0.15) is 5.10 Å². The minimum atomic E-state index is 0.374. The molecule has 17 heavy (non-hydrogen) atoms. The van der Waals surface area contributed by atoms with E-state index in [1.807, 2.05) is 31.3 Å². The van der Waals surface area contributed by atoms with Crippen LogP contribution < -0.4 is 5.32 Å². The van der Waals surface area contributed by atoms with Crippen LogP contribution in [0.5, 0.6) is 0 Å². The van der Waals surface area contributed by atoms with Gasteiger partial charge in [0.25, 0.3) is 0 Å². The van der Waals surface area contributed by atoms with Gasteiger partial charge >= 0.3 is 0 Å². The zero-order chi connectivity index (χ0) is 12.4. The molecule has 0 amide bonds. The summed E-state index contributed by atoms with van der Waals surface area (Å²) in [6, 6.07) is 7.96. The van der Waals surface area contributed by atoms with E-state index in [-0.39, 0.29) is 0 Å². The van der Waals surface area contributed by atoms with Crippen molar-refractivity contribution >= 4 is 28.3 Å². The smallest absolute Gasteiger partial charge is 0.133 e. The van der Waals surface area contributed by atoms with Crippen LogP contribution in [0.1, 0.15) is 12.5 Å². The van der Waals surface area contributed by atoms with Crippen LogP contribution in [-0.2, 0) is 0 Å². The van der Waals surface area contributed by atoms with Gasteiger partial charge in [-0.3, -0.25) is 5.41 Å². The van der Waals surface area contributed by atoms with Gasteiger partial charge in [-0.25, -0.2) is 5.01 Å². The molecule has 88 valence electrons. The van der Waals surface area contributed by atoms with Crippen LogP contribution in [0.25, 0.3) is 0 Å². The van der Waals surface area contributed by atoms with Crippen LogP contribution in [0.4, 0.5) is 5.69 Å². The molecule has 0 radical (unpaired) electrons. The third-order valence-electron chi connectivity index (χ3n) is 2.39. The average Bonchev–Trinajstić information content (AvgIpc) is 2.71. The van der Waals surface area contributed by atoms with Crippen molar-refractivity contribution in [2.45, 2.75) is 6.92 Å². The van der Waals surface area contributed by atoms with Crippen molar-refractivity contribution in [1.82, 2.24) is 5.01 Å². The third-order valence-corrected chi connectivity index (χ3v) is 3.29. The van der Waals surface area contributed by atoms with Crippen LogP contribution in [-0.4, -0.2) is 22.9 Å². The molecule has 4 nitrogen and oxygen atoms in total. The second-order valence-electron chi connectivity index (χ2n) is 3.59. The molecule has 1 aromatic rings. The molecule has 0 aliphatic carbocycles. The highest BCUT2D eigenvalue weighted by Gasteiger charge is 2.23. The summed E-state index contributed by atoms with van der Waals surface area (Å²) >= 11 is 1.49. The van der Waals surface area contributed by atoms with E-state index >= 15 is 0 Å². The third kappa shape index (κ3) is 2.19. The number of para-hydroxylation sites is 1. The molecule has 0 bridgehead atoms. The number of rotatable bonds is 2. The highest BCUT2D eigenvalue weighted by atomic mass is 32.2. The van der Waals surface area contributed by atoms with Crippen molar-refractivity contribution in [3.05, 3.63) is 41.4 Å². The van der Waals surface area contributed by atoms with Crippen molar-refractivity contribution in [3.8, 4) is 0 Å². The van der Waals surface area contributed by atoms with Crippen molar-refractivity contribution in [2.24, 2.45) is 5.10 Å². The molecule has 0 fully saturated rings. The van der Waals surface area contributed by atoms with Gasteiger partial charge in [0.2, 0.25) is 0 Å². The van der Waals surface area contributed by atoms with Crippen molar-refractivity contribution in [3.63, 3.8) is 0 Å². The number of nitrogens with one attached hydrogen (secondary N) is 2. The number of amidine groups is 1. The number of nitrogens with zero attached hydrogens (tertiary/aromatic N) is 2. The Morgan fingerprint density at radius 1 is 1.47 bits per heavy atom. The quantitative estimate of drug-likeness (QED) is 0.623. The summed E-state index contributed by atoms with van der Waals surface area (Å²) in [5.41, 5.74) is 2.06. The molecule has 5 heteroatoms. The molecule has 0 saturated heterocycles. The van der Waals surface area contributed by atoms with Crippen LogP contribution in [0.2, 0.25) is 0 Å². The summed E-state index contributed by atoms with van der Waals surface area (Å²) in [5, 5.41) is 18.3. The molecule has 1 aliphatic rings. The van der Waals surface area contributed by atoms with E-state index < -0.39 is 0 Å². The molecule has 2 N–H and O–H groups in total. The maximum atomic E-state index is 7.60. The monoisotopic (exact) mass is 246 g/mol. The van der Waals surface area contributed by atoms with Crippen molar-refractivity contribution < 1.29 is 0 Å². The summed E-state index contributed by atoms with van der Waals surface area (Å²) in [6.07, 6.45) is 0. The zero-order valence-electron chi connectivity index (χ0n) is 9.82. The molecule has 0 atom stereocenters. The van der Waals surface area contributed by atoms with Gasteiger partial charge in [0.1, 0.15) is 10.9 Å². The van der Waals surface area contributed by atoms with Crippen molar-refractivity contribution in [2.75, 3.05) is 12.4 Å². The van der Waals surface area contributed by atoms with Gasteiger partial charge in [0, 0.05) is 18.3 Å². The van der Waals surface area contributed by atoms with Gasteiger partial charge in [0.05, 0.1) is 5.03 Å². The number of anilines is 1. The van der Waals surface area contributed by atoms with E-state index in [1.54, 1.807) is 11.9 Å². The number of thioether (sulfide) groups is 1. The average molecular weight is 246 g/mol. The molecular formula is C12H14N4S. The number of benzene rings is 1. The van der Waals surface area contributed by atoms with Gasteiger partial charge in [-0.15, -0.1) is 0 Å². The number of hydrogen-bond donors (Lipinski definition) is 2. The lowest BCUT2D eigenvalue weighted by molar-refractivity contribution is 0.592. The highest BCUT2D eigenvalue weighted by Crippen LogP contribution is 2.34. The van der Waals surface area contributed by atoms with Crippen LogP contribution >= 0.6 is 11.8 Å². The standard InChI is InChI=1S/C12H14N4S/c1-8(13)16-9(2)17-12(15-16)10-6-4-5-7-11(10)14-3/h4-7,13-14H,2H2,1,3H3. The molecule has 0 unspecified atom stereocenters. The van der Waals surface area contributed by atoms with E-state index in [4.69, 9.17) is 5.41 Å². The fourth-order valence-electron chi connectivity index (χ4n) is 1.58. The summed E-state index contributed by atoms with van der Waals surface area (Å²) < 4.78 is 0. The minimum absolute atomic E-state index is 0.374. The first-order chi connectivity index (χ1) is 8.13. The molecule has 0 aromatic heterocycles. The van der Waals surface area contributed by atoms with E-state index in [0.29, 0.717) is 5.84 Å². The van der Waals surface area contributed by atoms with Gasteiger partial charge in [-0.1, -0.05) is 24.8 Å². The van der Waals surface area contributed by atoms with E-state index in [1.165, 1.54) is 11.8 Å². The Hall–Kier alpha value is -1.75. The Bertz CT molecular complexity index is 507. The second kappa shape index (κ2) is 4.63. The normalized spacial score (nSPS) is 14.8. The number of hydrazone groups is 1. The maximum absolute atomic E-state index is 7.60. The van der Waals surface area contributed by atoms with Crippen molar-refractivity contribution in [1.29, 1.82) is 5.41 Å². The van der Waals surface area contributed by atoms with Gasteiger partial charge < -0.3 is 5.32 Å². The molecule has 1 aromatic carbocycles. The summed E-state index contributed by atoms with van der Waals surface area (Å²) in [6.45, 7) is 5.60. The Morgan fingerprint density at radius 3 is 2.76 bits per heavy atom. The van der Waals surface area contributed by atoms with Gasteiger partial charge in [-0.05, 0) is 24.8 Å². The second-order valence-corrected chi connectivity index (χ2v) is 4.66. The van der Waals surface area contributed by atoms with Crippen LogP contribution in [0, 0.1) is 5.41 Å². The molecule has 1 heterocycles. The molecule has 0 spiro atoms. The first-order valence-corrected chi connectivity index (χ1v) is 6.03. The lowest BCUT2D eigenvalue weighted by atomic mass is 10.2. The molecule has 0 saturated carbocycles. The fraction of sp³-hybridized carbons (Fsp3) is 0.167. The first-order valence-electron chi connectivity index (χ1n) is 5.21. The summed E-state index contributed by atoms with van der Waals surface area (Å²) in [7, 11) is 1.88. The largest absolute Gasteiger partial charge is 0.388 e. The fourth-order valence-corrected chi connectivity index (χ4v) is 2.48. The predicted molar refractivity (Wildman–Crippen MR) is 74.5 cm³/mol. The lowest BCUT2D eigenvalue weighted by Crippen LogP contribution is -2.16. The summed E-state index contributed by atoms with van der Waals surface area (Å²) in [4.78, 5) is 0. The SMILES string of the molecule is C=C1SC(c2ccccc2NC)=NN1C(C)=N. The number of hydrogen-bond acceptors (Lipinski definition) is 4. The predicted octanol–water partition coefficient (Wildman–Crippen LogP) is 2.91. The topological polar surface area (TPSA) is 51.5 Å². The van der Waals surface area contributed by atoms with Crippen LogP contribution in [0.3, 0.4) is 0 Å². The lowest BCUT2D eigenvalue weighted by Gasteiger charge is -2.10. The van der Waals surface area contributed by atoms with Crippen LogP contribution in [0.15, 0.2) is 41.0 Å². The molecule has 2 rings (SSSR count). The minimum Gasteiger partial charge on any atom is -0.388 e. The highest BCUT2D eigenvalue weighted by molar-refractivity contribution is 8.17. The summed E-state index contributed by atoms with van der Waals surface area (Å²) in [5.74, 6) is 0.374.